The van der Waals surface area contributed by atoms with Crippen molar-refractivity contribution in [1.82, 2.24) is 19.7 Å². The third-order valence-electron chi connectivity index (χ3n) is 3.87. The maximum Gasteiger partial charge on any atom is 0.254 e. The van der Waals surface area contributed by atoms with Gasteiger partial charge in [-0.25, -0.2) is 4.39 Å². The number of fused-ring (bicyclic) bond motifs is 1. The van der Waals surface area contributed by atoms with E-state index in [1.165, 1.54) is 18.2 Å². The number of benzene rings is 1. The minimum Gasteiger partial charge on any atom is -0.329 e. The fourth-order valence-corrected chi connectivity index (χ4v) is 2.84. The summed E-state index contributed by atoms with van der Waals surface area (Å²) in [6.45, 7) is 5.87. The number of hydrogen-bond acceptors (Lipinski definition) is 3. The molecule has 23 heavy (non-hydrogen) atoms. The number of aromatic nitrogens is 3. The first-order valence-electron chi connectivity index (χ1n) is 7.61. The second kappa shape index (κ2) is 6.28. The van der Waals surface area contributed by atoms with Gasteiger partial charge in [0.1, 0.15) is 11.6 Å². The van der Waals surface area contributed by atoms with Crippen LogP contribution in [0.5, 0.6) is 0 Å². The molecule has 2 heterocycles. The van der Waals surface area contributed by atoms with Crippen LogP contribution in [0.15, 0.2) is 18.2 Å². The molecule has 0 saturated heterocycles. The fourth-order valence-electron chi connectivity index (χ4n) is 2.72. The monoisotopic (exact) mass is 336 g/mol. The molecule has 0 spiro atoms. The summed E-state index contributed by atoms with van der Waals surface area (Å²) in [6.07, 6.45) is 0.864. The van der Waals surface area contributed by atoms with Crippen LogP contribution < -0.4 is 0 Å². The summed E-state index contributed by atoms with van der Waals surface area (Å²) < 4.78 is 15.6. The first-order valence-corrected chi connectivity index (χ1v) is 7.98. The highest BCUT2D eigenvalue weighted by Crippen LogP contribution is 2.20. The summed E-state index contributed by atoms with van der Waals surface area (Å²) in [5.74, 6) is 1.42. The third-order valence-corrected chi connectivity index (χ3v) is 4.18. The van der Waals surface area contributed by atoms with E-state index in [9.17, 15) is 9.18 Å². The Balaban J connectivity index is 1.77. The molecular weight excluding hydrogens is 319 g/mol. The lowest BCUT2D eigenvalue weighted by Gasteiger charge is -2.28. The van der Waals surface area contributed by atoms with Gasteiger partial charge in [-0.05, 0) is 24.1 Å². The van der Waals surface area contributed by atoms with Crippen LogP contribution in [0.25, 0.3) is 0 Å². The first kappa shape index (κ1) is 15.9. The normalized spacial score (nSPS) is 14.2. The highest BCUT2D eigenvalue weighted by Gasteiger charge is 2.25. The van der Waals surface area contributed by atoms with E-state index in [-0.39, 0.29) is 10.9 Å². The van der Waals surface area contributed by atoms with Crippen molar-refractivity contribution >= 4 is 17.5 Å². The SMILES string of the molecule is CC(C)Cc1nnc2n1CCN(C(=O)c1ccc(Cl)c(F)c1)C2. The molecule has 1 amide bonds. The maximum absolute atomic E-state index is 13.5. The van der Waals surface area contributed by atoms with Crippen LogP contribution in [-0.4, -0.2) is 32.1 Å². The molecule has 0 radical (unpaired) electrons. The smallest absolute Gasteiger partial charge is 0.254 e. The third kappa shape index (κ3) is 3.22. The van der Waals surface area contributed by atoms with Crippen LogP contribution in [0.3, 0.4) is 0 Å². The molecule has 1 aromatic carbocycles. The number of nitrogens with zero attached hydrogens (tertiary/aromatic N) is 4. The van der Waals surface area contributed by atoms with E-state index in [1.807, 2.05) is 0 Å². The van der Waals surface area contributed by atoms with Crippen molar-refractivity contribution in [2.45, 2.75) is 33.4 Å². The molecule has 0 fully saturated rings. The van der Waals surface area contributed by atoms with Crippen molar-refractivity contribution in [2.24, 2.45) is 5.92 Å². The summed E-state index contributed by atoms with van der Waals surface area (Å²) in [5, 5.41) is 8.43. The summed E-state index contributed by atoms with van der Waals surface area (Å²) in [6, 6.07) is 4.11. The van der Waals surface area contributed by atoms with Gasteiger partial charge in [-0.15, -0.1) is 10.2 Å². The van der Waals surface area contributed by atoms with E-state index in [0.29, 0.717) is 31.1 Å². The molecule has 1 aliphatic rings. The molecule has 7 heteroatoms. The van der Waals surface area contributed by atoms with E-state index >= 15 is 0 Å². The Hall–Kier alpha value is -1.95. The second-order valence-corrected chi connectivity index (χ2v) is 6.54. The molecule has 0 bridgehead atoms. The summed E-state index contributed by atoms with van der Waals surface area (Å²) in [5.41, 5.74) is 0.294. The first-order chi connectivity index (χ1) is 11.0. The Morgan fingerprint density at radius 3 is 2.83 bits per heavy atom. The molecule has 0 saturated carbocycles. The predicted molar refractivity (Wildman–Crippen MR) is 84.7 cm³/mol. The Bertz CT molecular complexity index is 744. The van der Waals surface area contributed by atoms with Crippen molar-refractivity contribution in [3.63, 3.8) is 0 Å². The minimum atomic E-state index is -0.586. The molecule has 2 aromatic rings. The zero-order chi connectivity index (χ0) is 16.6. The summed E-state index contributed by atoms with van der Waals surface area (Å²) in [7, 11) is 0. The van der Waals surface area contributed by atoms with Crippen molar-refractivity contribution in [2.75, 3.05) is 6.54 Å². The molecule has 5 nitrogen and oxygen atoms in total. The second-order valence-electron chi connectivity index (χ2n) is 6.14. The predicted octanol–water partition coefficient (Wildman–Crippen LogP) is 2.93. The van der Waals surface area contributed by atoms with Crippen molar-refractivity contribution in [3.8, 4) is 0 Å². The molecule has 3 rings (SSSR count). The summed E-state index contributed by atoms with van der Waals surface area (Å²) in [4.78, 5) is 14.2. The van der Waals surface area contributed by atoms with Gasteiger partial charge in [0.25, 0.3) is 5.91 Å². The lowest BCUT2D eigenvalue weighted by Crippen LogP contribution is -2.38. The highest BCUT2D eigenvalue weighted by molar-refractivity contribution is 6.30. The lowest BCUT2D eigenvalue weighted by molar-refractivity contribution is 0.0705. The molecule has 1 aliphatic heterocycles. The van der Waals surface area contributed by atoms with Crippen LogP contribution in [0, 0.1) is 11.7 Å². The van der Waals surface area contributed by atoms with Crippen molar-refractivity contribution in [1.29, 1.82) is 0 Å². The van der Waals surface area contributed by atoms with Gasteiger partial charge in [-0.3, -0.25) is 4.79 Å². The van der Waals surface area contributed by atoms with Gasteiger partial charge in [0, 0.05) is 25.1 Å². The maximum atomic E-state index is 13.5. The molecule has 0 aliphatic carbocycles. The Morgan fingerprint density at radius 1 is 1.35 bits per heavy atom. The lowest BCUT2D eigenvalue weighted by atomic mass is 10.1. The van der Waals surface area contributed by atoms with Crippen LogP contribution in [-0.2, 0) is 19.5 Å². The standard InChI is InChI=1S/C16H18ClFN4O/c1-10(2)7-14-19-20-15-9-21(5-6-22(14)15)16(23)11-3-4-12(17)13(18)8-11/h3-4,8,10H,5-7,9H2,1-2H3. The van der Waals surface area contributed by atoms with Crippen LogP contribution in [0.4, 0.5) is 4.39 Å². The Kier molecular flexibility index (Phi) is 4.35. The highest BCUT2D eigenvalue weighted by atomic mass is 35.5. The van der Waals surface area contributed by atoms with E-state index in [2.05, 4.69) is 28.6 Å². The van der Waals surface area contributed by atoms with E-state index in [4.69, 9.17) is 11.6 Å². The zero-order valence-corrected chi connectivity index (χ0v) is 13.8. The molecule has 0 unspecified atom stereocenters. The number of halogens is 2. The molecule has 122 valence electrons. The minimum absolute atomic E-state index is 0.0123. The molecule has 0 atom stereocenters. The van der Waals surface area contributed by atoms with E-state index < -0.39 is 5.82 Å². The topological polar surface area (TPSA) is 51.0 Å². The van der Waals surface area contributed by atoms with Gasteiger partial charge in [-0.2, -0.15) is 0 Å². The molecule has 1 aromatic heterocycles. The van der Waals surface area contributed by atoms with Crippen LogP contribution >= 0.6 is 11.6 Å². The van der Waals surface area contributed by atoms with Gasteiger partial charge in [0.15, 0.2) is 5.82 Å². The number of rotatable bonds is 3. The summed E-state index contributed by atoms with van der Waals surface area (Å²) >= 11 is 5.66. The molecular formula is C16H18ClFN4O. The average molecular weight is 337 g/mol. The van der Waals surface area contributed by atoms with E-state index in [0.717, 1.165) is 18.1 Å². The van der Waals surface area contributed by atoms with Gasteiger partial charge < -0.3 is 9.47 Å². The van der Waals surface area contributed by atoms with Crippen molar-refractivity contribution in [3.05, 3.63) is 46.3 Å². The zero-order valence-electron chi connectivity index (χ0n) is 13.1. The van der Waals surface area contributed by atoms with Gasteiger partial charge in [-0.1, -0.05) is 25.4 Å². The number of carbonyl (C=O) groups is 1. The Morgan fingerprint density at radius 2 is 2.13 bits per heavy atom. The molecule has 0 N–H and O–H groups in total. The van der Waals surface area contributed by atoms with Crippen LogP contribution in [0.2, 0.25) is 5.02 Å². The van der Waals surface area contributed by atoms with Gasteiger partial charge in [0.2, 0.25) is 0 Å². The quantitative estimate of drug-likeness (QED) is 0.866. The van der Waals surface area contributed by atoms with Gasteiger partial charge >= 0.3 is 0 Å². The number of hydrogen-bond donors (Lipinski definition) is 0. The van der Waals surface area contributed by atoms with E-state index in [1.54, 1.807) is 4.90 Å². The fraction of sp³-hybridized carbons (Fsp3) is 0.438. The number of amides is 1. The van der Waals surface area contributed by atoms with Crippen molar-refractivity contribution < 1.29 is 9.18 Å². The Labute approximate surface area is 139 Å². The van der Waals surface area contributed by atoms with Crippen LogP contribution in [0.1, 0.15) is 35.9 Å². The largest absolute Gasteiger partial charge is 0.329 e. The van der Waals surface area contributed by atoms with Gasteiger partial charge in [0.05, 0.1) is 11.6 Å². The average Bonchev–Trinajstić information content (AvgIpc) is 2.91. The number of carbonyl (C=O) groups excluding carboxylic acids is 1.